The Hall–Kier alpha value is -0.300. The van der Waals surface area contributed by atoms with Crippen LogP contribution < -0.4 is 0 Å². The Balaban J connectivity index is 2.31. The van der Waals surface area contributed by atoms with Crippen LogP contribution in [-0.4, -0.2) is 13.2 Å². The molecule has 98 valence electrons. The molecule has 0 N–H and O–H groups in total. The fraction of sp³-hybridized carbons (Fsp3) is 0.875. The molecule has 3 aliphatic rings. The van der Waals surface area contributed by atoms with Gasteiger partial charge in [0.1, 0.15) is 0 Å². The summed E-state index contributed by atoms with van der Waals surface area (Å²) in [6, 6.07) is 0. The van der Waals surface area contributed by atoms with Crippen molar-refractivity contribution in [2.24, 2.45) is 29.1 Å². The number of rotatable bonds is 2. The summed E-state index contributed by atoms with van der Waals surface area (Å²) in [7, 11) is 0. The van der Waals surface area contributed by atoms with Crippen molar-refractivity contribution in [3.05, 3.63) is 12.2 Å². The third-order valence-electron chi connectivity index (χ3n) is 5.17. The second kappa shape index (κ2) is 5.14. The molecule has 2 bridgehead atoms. The number of hydrogen-bond acceptors (Lipinski definition) is 1. The van der Waals surface area contributed by atoms with E-state index in [0.29, 0.717) is 11.3 Å². The first-order valence-corrected chi connectivity index (χ1v) is 7.29. The molecule has 0 saturated carbocycles. The fourth-order valence-corrected chi connectivity index (χ4v) is 3.96. The largest absolute Gasteiger partial charge is 0.381 e. The molecule has 2 atom stereocenters. The van der Waals surface area contributed by atoms with Gasteiger partial charge in [0, 0.05) is 12.5 Å². The summed E-state index contributed by atoms with van der Waals surface area (Å²) in [6.45, 7) is 11.6. The van der Waals surface area contributed by atoms with Crippen molar-refractivity contribution in [1.29, 1.82) is 0 Å². The van der Waals surface area contributed by atoms with Crippen molar-refractivity contribution < 1.29 is 4.74 Å². The first kappa shape index (κ1) is 13.1. The zero-order valence-electron chi connectivity index (χ0n) is 11.9. The zero-order valence-corrected chi connectivity index (χ0v) is 11.9. The van der Waals surface area contributed by atoms with Gasteiger partial charge < -0.3 is 4.74 Å². The second-order valence-electron chi connectivity index (χ2n) is 6.78. The van der Waals surface area contributed by atoms with Crippen molar-refractivity contribution in [1.82, 2.24) is 0 Å². The van der Waals surface area contributed by atoms with Gasteiger partial charge in [-0.05, 0) is 42.4 Å². The third-order valence-corrected chi connectivity index (χ3v) is 5.17. The van der Waals surface area contributed by atoms with Crippen LogP contribution in [-0.2, 0) is 4.74 Å². The van der Waals surface area contributed by atoms with Crippen molar-refractivity contribution in [2.75, 3.05) is 13.2 Å². The van der Waals surface area contributed by atoms with E-state index in [-0.39, 0.29) is 0 Å². The van der Waals surface area contributed by atoms with Gasteiger partial charge in [0.25, 0.3) is 0 Å². The van der Waals surface area contributed by atoms with Crippen LogP contribution in [0.15, 0.2) is 12.2 Å². The Morgan fingerprint density at radius 2 is 1.76 bits per heavy atom. The highest BCUT2D eigenvalue weighted by atomic mass is 16.5. The van der Waals surface area contributed by atoms with E-state index in [1.165, 1.54) is 19.3 Å². The second-order valence-corrected chi connectivity index (χ2v) is 6.78. The molecule has 1 nitrogen and oxygen atoms in total. The molecule has 2 aliphatic heterocycles. The van der Waals surface area contributed by atoms with E-state index >= 15 is 0 Å². The smallest absolute Gasteiger partial charge is 0.0529 e. The molecule has 2 heterocycles. The van der Waals surface area contributed by atoms with Gasteiger partial charge in [0.05, 0.1) is 6.61 Å². The highest BCUT2D eigenvalue weighted by Gasteiger charge is 2.42. The van der Waals surface area contributed by atoms with Gasteiger partial charge in [-0.25, -0.2) is 0 Å². The Labute approximate surface area is 107 Å². The van der Waals surface area contributed by atoms with Crippen LogP contribution in [0.2, 0.25) is 0 Å². The minimum atomic E-state index is 0.518. The van der Waals surface area contributed by atoms with Crippen LogP contribution in [0, 0.1) is 29.1 Å². The number of hydrogen-bond donors (Lipinski definition) is 0. The Morgan fingerprint density at radius 3 is 2.41 bits per heavy atom. The van der Waals surface area contributed by atoms with Gasteiger partial charge in [0.15, 0.2) is 0 Å². The van der Waals surface area contributed by atoms with Crippen LogP contribution in [0.4, 0.5) is 0 Å². The summed E-state index contributed by atoms with van der Waals surface area (Å²) in [5, 5.41) is 0. The van der Waals surface area contributed by atoms with E-state index in [0.717, 1.165) is 31.0 Å². The van der Waals surface area contributed by atoms with Crippen LogP contribution >= 0.6 is 0 Å². The maximum atomic E-state index is 5.84. The van der Waals surface area contributed by atoms with Crippen LogP contribution in [0.5, 0.6) is 0 Å². The predicted octanol–water partition coefficient (Wildman–Crippen LogP) is 4.29. The van der Waals surface area contributed by atoms with Crippen LogP contribution in [0.3, 0.4) is 0 Å². The van der Waals surface area contributed by atoms with E-state index in [1.54, 1.807) is 0 Å². The number of allylic oxidation sites excluding steroid dienone is 1. The normalized spacial score (nSPS) is 34.5. The minimum absolute atomic E-state index is 0.518. The van der Waals surface area contributed by atoms with Gasteiger partial charge >= 0.3 is 0 Å². The summed E-state index contributed by atoms with van der Waals surface area (Å²) in [6.07, 6.45) is 8.71. The molecule has 1 fully saturated rings. The SMILES string of the molecule is CC(C)C1(C(C)C)CC2/C=C\CC(COC2)C1. The molecule has 0 amide bonds. The van der Waals surface area contributed by atoms with E-state index in [2.05, 4.69) is 39.8 Å². The van der Waals surface area contributed by atoms with Crippen molar-refractivity contribution in [3.8, 4) is 0 Å². The average molecular weight is 236 g/mol. The lowest BCUT2D eigenvalue weighted by molar-refractivity contribution is -0.0282. The molecule has 2 unspecified atom stereocenters. The molecule has 0 spiro atoms. The van der Waals surface area contributed by atoms with Crippen molar-refractivity contribution in [3.63, 3.8) is 0 Å². The van der Waals surface area contributed by atoms with E-state index in [4.69, 9.17) is 4.74 Å². The molecule has 1 aliphatic carbocycles. The topological polar surface area (TPSA) is 9.23 Å². The lowest BCUT2D eigenvalue weighted by Gasteiger charge is -2.48. The molecule has 3 rings (SSSR count). The standard InChI is InChI=1S/C16H28O/c1-12(2)16(13(3)4)8-14-6-5-7-15(9-16)11-17-10-14/h5-6,12-15H,7-11H2,1-4H3/b6-5-. The fourth-order valence-electron chi connectivity index (χ4n) is 3.96. The lowest BCUT2D eigenvalue weighted by Crippen LogP contribution is -2.41. The molecule has 0 radical (unpaired) electrons. The molecule has 17 heavy (non-hydrogen) atoms. The first-order chi connectivity index (χ1) is 8.04. The molecule has 0 aromatic carbocycles. The number of fused-ring (bicyclic) bond motifs is 5. The molecule has 1 saturated heterocycles. The van der Waals surface area contributed by atoms with Gasteiger partial charge in [-0.3, -0.25) is 0 Å². The first-order valence-electron chi connectivity index (χ1n) is 7.29. The summed E-state index contributed by atoms with van der Waals surface area (Å²) >= 11 is 0. The minimum Gasteiger partial charge on any atom is -0.381 e. The Bertz CT molecular complexity index is 269. The molecule has 0 aromatic heterocycles. The third kappa shape index (κ3) is 2.59. The molecular weight excluding hydrogens is 208 g/mol. The quantitative estimate of drug-likeness (QED) is 0.650. The summed E-state index contributed by atoms with van der Waals surface area (Å²) < 4.78 is 5.84. The van der Waals surface area contributed by atoms with E-state index < -0.39 is 0 Å². The highest BCUT2D eigenvalue weighted by Crippen LogP contribution is 2.49. The van der Waals surface area contributed by atoms with Gasteiger partial charge in [-0.2, -0.15) is 0 Å². The monoisotopic (exact) mass is 236 g/mol. The van der Waals surface area contributed by atoms with E-state index in [1.807, 2.05) is 0 Å². The Kier molecular flexibility index (Phi) is 3.97. The maximum absolute atomic E-state index is 5.84. The maximum Gasteiger partial charge on any atom is 0.0529 e. The molecule has 1 heteroatoms. The summed E-state index contributed by atoms with van der Waals surface area (Å²) in [5.74, 6) is 2.92. The van der Waals surface area contributed by atoms with Gasteiger partial charge in [-0.1, -0.05) is 39.8 Å². The zero-order chi connectivity index (χ0) is 12.5. The predicted molar refractivity (Wildman–Crippen MR) is 72.9 cm³/mol. The average Bonchev–Trinajstić information content (AvgIpc) is 2.13. The van der Waals surface area contributed by atoms with Gasteiger partial charge in [0.2, 0.25) is 0 Å². The Morgan fingerprint density at radius 1 is 1.06 bits per heavy atom. The van der Waals surface area contributed by atoms with E-state index in [9.17, 15) is 0 Å². The molecule has 0 aromatic rings. The highest BCUT2D eigenvalue weighted by molar-refractivity contribution is 5.01. The lowest BCUT2D eigenvalue weighted by atomic mass is 9.59. The van der Waals surface area contributed by atoms with Crippen molar-refractivity contribution >= 4 is 0 Å². The van der Waals surface area contributed by atoms with Crippen molar-refractivity contribution in [2.45, 2.75) is 47.0 Å². The number of ether oxygens (including phenoxy) is 1. The summed E-state index contributed by atoms with van der Waals surface area (Å²) in [4.78, 5) is 0. The van der Waals surface area contributed by atoms with Gasteiger partial charge in [-0.15, -0.1) is 0 Å². The summed E-state index contributed by atoms with van der Waals surface area (Å²) in [5.41, 5.74) is 0.518. The van der Waals surface area contributed by atoms with Crippen LogP contribution in [0.25, 0.3) is 0 Å². The van der Waals surface area contributed by atoms with Crippen LogP contribution in [0.1, 0.15) is 47.0 Å². The molecular formula is C16H28O.